The summed E-state index contributed by atoms with van der Waals surface area (Å²) in [6, 6.07) is 10.1. The van der Waals surface area contributed by atoms with Crippen molar-refractivity contribution in [2.45, 2.75) is 23.7 Å². The lowest BCUT2D eigenvalue weighted by molar-refractivity contribution is -0.249. The SMILES string of the molecule is CCS(=O)(=O)c1ccc(N2CC(O)(C(F)(F)F)N=C2c2ccccn2)cc1. The first kappa shape index (κ1) is 19.3. The smallest absolute Gasteiger partial charge is 0.361 e. The lowest BCUT2D eigenvalue weighted by atomic mass is 10.2. The molecule has 27 heavy (non-hydrogen) atoms. The van der Waals surface area contributed by atoms with Gasteiger partial charge in [0.05, 0.1) is 17.2 Å². The van der Waals surface area contributed by atoms with Gasteiger partial charge in [-0.15, -0.1) is 0 Å². The van der Waals surface area contributed by atoms with E-state index in [1.54, 1.807) is 12.1 Å². The van der Waals surface area contributed by atoms with E-state index in [4.69, 9.17) is 0 Å². The van der Waals surface area contributed by atoms with Gasteiger partial charge in [-0.3, -0.25) is 4.98 Å². The van der Waals surface area contributed by atoms with Crippen LogP contribution in [0.4, 0.5) is 18.9 Å². The molecule has 0 spiro atoms. The number of sulfone groups is 1. The number of hydrogen-bond donors (Lipinski definition) is 1. The summed E-state index contributed by atoms with van der Waals surface area (Å²) in [5, 5.41) is 10.0. The minimum Gasteiger partial charge on any atom is -0.361 e. The third kappa shape index (κ3) is 3.54. The van der Waals surface area contributed by atoms with Crippen LogP contribution in [0.5, 0.6) is 0 Å². The first-order valence-corrected chi connectivity index (χ1v) is 9.63. The summed E-state index contributed by atoms with van der Waals surface area (Å²) in [6.07, 6.45) is -3.58. The summed E-state index contributed by atoms with van der Waals surface area (Å²) in [4.78, 5) is 8.74. The molecule has 2 aromatic rings. The molecule has 144 valence electrons. The van der Waals surface area contributed by atoms with Crippen LogP contribution in [-0.4, -0.2) is 48.5 Å². The number of β-amino-alcohol motifs (C(OH)–C–C–N with tert-alkyl or cyclic N) is 1. The fourth-order valence-electron chi connectivity index (χ4n) is 2.62. The van der Waals surface area contributed by atoms with Crippen molar-refractivity contribution >= 4 is 21.4 Å². The number of pyridine rings is 1. The van der Waals surface area contributed by atoms with Crippen molar-refractivity contribution in [2.24, 2.45) is 4.99 Å². The molecule has 1 N–H and O–H groups in total. The van der Waals surface area contributed by atoms with E-state index in [1.807, 2.05) is 0 Å². The van der Waals surface area contributed by atoms with E-state index in [1.165, 1.54) is 43.5 Å². The second-order valence-electron chi connectivity index (χ2n) is 5.95. The third-order valence-corrected chi connectivity index (χ3v) is 5.91. The molecule has 1 unspecified atom stereocenters. The van der Waals surface area contributed by atoms with Gasteiger partial charge in [-0.2, -0.15) is 13.2 Å². The largest absolute Gasteiger partial charge is 0.440 e. The Kier molecular flexibility index (Phi) is 4.73. The van der Waals surface area contributed by atoms with Gasteiger partial charge in [-0.1, -0.05) is 13.0 Å². The van der Waals surface area contributed by atoms with Crippen molar-refractivity contribution < 1.29 is 26.7 Å². The average molecular weight is 399 g/mol. The molecule has 1 atom stereocenters. The molecular formula is C17H16F3N3O3S. The Morgan fingerprint density at radius 3 is 2.37 bits per heavy atom. The van der Waals surface area contributed by atoms with Gasteiger partial charge < -0.3 is 10.0 Å². The number of hydrogen-bond acceptors (Lipinski definition) is 6. The fraction of sp³-hybridized carbons (Fsp3) is 0.294. The van der Waals surface area contributed by atoms with Crippen molar-refractivity contribution in [3.63, 3.8) is 0 Å². The Morgan fingerprint density at radius 1 is 1.19 bits per heavy atom. The molecule has 1 aromatic heterocycles. The maximum Gasteiger partial charge on any atom is 0.440 e. The molecule has 10 heteroatoms. The fourth-order valence-corrected chi connectivity index (χ4v) is 3.51. The van der Waals surface area contributed by atoms with E-state index in [2.05, 4.69) is 9.98 Å². The highest BCUT2D eigenvalue weighted by Crippen LogP contribution is 2.38. The van der Waals surface area contributed by atoms with Gasteiger partial charge in [0.1, 0.15) is 5.69 Å². The molecular weight excluding hydrogens is 383 g/mol. The summed E-state index contributed by atoms with van der Waals surface area (Å²) in [6.45, 7) is 0.640. The zero-order chi connectivity index (χ0) is 19.9. The zero-order valence-electron chi connectivity index (χ0n) is 14.2. The van der Waals surface area contributed by atoms with Crippen molar-refractivity contribution in [1.29, 1.82) is 0 Å². The van der Waals surface area contributed by atoms with Crippen LogP contribution in [0.25, 0.3) is 0 Å². The van der Waals surface area contributed by atoms with Crippen LogP contribution >= 0.6 is 0 Å². The molecule has 0 fully saturated rings. The van der Waals surface area contributed by atoms with Crippen molar-refractivity contribution in [1.82, 2.24) is 4.98 Å². The zero-order valence-corrected chi connectivity index (χ0v) is 15.0. The van der Waals surface area contributed by atoms with Crippen LogP contribution in [0.3, 0.4) is 0 Å². The molecule has 1 aliphatic heterocycles. The van der Waals surface area contributed by atoms with E-state index in [-0.39, 0.29) is 27.9 Å². The van der Waals surface area contributed by atoms with Gasteiger partial charge in [0, 0.05) is 11.9 Å². The first-order chi connectivity index (χ1) is 12.6. The number of aliphatic hydroxyl groups is 1. The second kappa shape index (κ2) is 6.61. The number of benzene rings is 1. The van der Waals surface area contributed by atoms with Gasteiger partial charge in [0.25, 0.3) is 5.72 Å². The minimum absolute atomic E-state index is 0.0651. The summed E-state index contributed by atoms with van der Waals surface area (Å²) in [7, 11) is -3.44. The maximum absolute atomic E-state index is 13.3. The van der Waals surface area contributed by atoms with Gasteiger partial charge in [-0.05, 0) is 36.4 Å². The number of alkyl halides is 3. The van der Waals surface area contributed by atoms with Crippen LogP contribution in [0.2, 0.25) is 0 Å². The Hall–Kier alpha value is -2.46. The Balaban J connectivity index is 2.05. The first-order valence-electron chi connectivity index (χ1n) is 7.98. The molecule has 0 amide bonds. The van der Waals surface area contributed by atoms with E-state index < -0.39 is 28.3 Å². The van der Waals surface area contributed by atoms with E-state index in [0.29, 0.717) is 0 Å². The highest BCUT2D eigenvalue weighted by molar-refractivity contribution is 7.91. The molecule has 0 saturated carbocycles. The molecule has 3 rings (SSSR count). The third-order valence-electron chi connectivity index (χ3n) is 4.16. The van der Waals surface area contributed by atoms with E-state index in [0.717, 1.165) is 4.90 Å². The number of nitrogens with zero attached hydrogens (tertiary/aromatic N) is 3. The summed E-state index contributed by atoms with van der Waals surface area (Å²) >= 11 is 0. The number of amidine groups is 1. The highest BCUT2D eigenvalue weighted by atomic mass is 32.2. The van der Waals surface area contributed by atoms with Gasteiger partial charge in [-0.25, -0.2) is 13.4 Å². The molecule has 1 aromatic carbocycles. The Bertz CT molecular complexity index is 960. The average Bonchev–Trinajstić information content (AvgIpc) is 3.02. The van der Waals surface area contributed by atoms with Crippen LogP contribution in [0, 0.1) is 0 Å². The van der Waals surface area contributed by atoms with Gasteiger partial charge in [0.15, 0.2) is 15.7 Å². The molecule has 0 radical (unpaired) electrons. The summed E-state index contributed by atoms with van der Waals surface area (Å²) < 4.78 is 63.8. The molecule has 0 saturated heterocycles. The van der Waals surface area contributed by atoms with Gasteiger partial charge >= 0.3 is 6.18 Å². The highest BCUT2D eigenvalue weighted by Gasteiger charge is 2.59. The molecule has 6 nitrogen and oxygen atoms in total. The van der Waals surface area contributed by atoms with Crippen LogP contribution in [-0.2, 0) is 9.84 Å². The Labute approximate surface area is 153 Å². The molecule has 2 heterocycles. The Morgan fingerprint density at radius 2 is 1.85 bits per heavy atom. The number of anilines is 1. The standard InChI is InChI=1S/C17H16F3N3O3S/c1-2-27(25,26)13-8-6-12(7-9-13)23-11-16(24,17(18,19)20)22-15(23)14-5-3-4-10-21-14/h3-10,24H,2,11H2,1H3. The lowest BCUT2D eigenvalue weighted by Gasteiger charge is -2.25. The van der Waals surface area contributed by atoms with Crippen molar-refractivity contribution in [2.75, 3.05) is 17.2 Å². The van der Waals surface area contributed by atoms with Crippen LogP contribution in [0.1, 0.15) is 12.6 Å². The topological polar surface area (TPSA) is 82.9 Å². The van der Waals surface area contributed by atoms with Gasteiger partial charge in [0.2, 0.25) is 0 Å². The predicted molar refractivity (Wildman–Crippen MR) is 93.3 cm³/mol. The quantitative estimate of drug-likeness (QED) is 0.854. The number of rotatable bonds is 4. The second-order valence-corrected chi connectivity index (χ2v) is 8.23. The molecule has 0 aliphatic carbocycles. The molecule has 1 aliphatic rings. The van der Waals surface area contributed by atoms with Crippen LogP contribution in [0.15, 0.2) is 58.5 Å². The molecule has 0 bridgehead atoms. The van der Waals surface area contributed by atoms with Crippen molar-refractivity contribution in [3.05, 3.63) is 54.4 Å². The number of aliphatic imine (C=N–C) groups is 1. The predicted octanol–water partition coefficient (Wildman–Crippen LogP) is 2.39. The normalized spacial score (nSPS) is 20.6. The van der Waals surface area contributed by atoms with E-state index in [9.17, 15) is 26.7 Å². The summed E-state index contributed by atoms with van der Waals surface area (Å²) in [5.41, 5.74) is -2.87. The monoisotopic (exact) mass is 399 g/mol. The summed E-state index contributed by atoms with van der Waals surface area (Å²) in [5.74, 6) is -0.244. The van der Waals surface area contributed by atoms with Crippen LogP contribution < -0.4 is 4.90 Å². The maximum atomic E-state index is 13.3. The van der Waals surface area contributed by atoms with E-state index >= 15 is 0 Å². The number of halogens is 3. The minimum atomic E-state index is -4.98. The lowest BCUT2D eigenvalue weighted by Crippen LogP contribution is -2.47. The number of aromatic nitrogens is 1. The van der Waals surface area contributed by atoms with Crippen molar-refractivity contribution in [3.8, 4) is 0 Å².